The van der Waals surface area contributed by atoms with E-state index in [4.69, 9.17) is 4.74 Å². The van der Waals surface area contributed by atoms with E-state index in [0.717, 1.165) is 37.5 Å². The predicted octanol–water partition coefficient (Wildman–Crippen LogP) is 4.97. The zero-order chi connectivity index (χ0) is 22.2. The number of ether oxygens (including phenoxy) is 1. The Balaban J connectivity index is 1.33. The summed E-state index contributed by atoms with van der Waals surface area (Å²) in [6, 6.07) is 8.14. The van der Waals surface area contributed by atoms with Crippen molar-refractivity contribution in [2.24, 2.45) is 17.8 Å². The second-order valence-electron chi connectivity index (χ2n) is 9.01. The summed E-state index contributed by atoms with van der Waals surface area (Å²) >= 11 is 0. The highest BCUT2D eigenvalue weighted by atomic mass is 19.1. The molecule has 5 rings (SSSR count). The van der Waals surface area contributed by atoms with Crippen LogP contribution in [0.15, 0.2) is 36.4 Å². The zero-order valence-corrected chi connectivity index (χ0v) is 17.6. The summed E-state index contributed by atoms with van der Waals surface area (Å²) in [6.07, 6.45) is 3.05. The summed E-state index contributed by atoms with van der Waals surface area (Å²) in [5.41, 5.74) is 2.42. The fraction of sp³-hybridized carbons (Fsp3) is 0.400. The van der Waals surface area contributed by atoms with Gasteiger partial charge in [-0.25, -0.2) is 13.2 Å². The minimum Gasteiger partial charge on any atom is -0.381 e. The SMILES string of the molecule is O=C(NCC1CCOC1)C1CC(Cc2c(-c3ccc(F)cc3)[nH]c3c(F)cc(F)cc23)C1. The molecular weight excluding hydrogens is 417 g/mol. The first-order chi connectivity index (χ1) is 15.5. The van der Waals surface area contributed by atoms with Crippen LogP contribution in [0.2, 0.25) is 0 Å². The molecule has 2 N–H and O–H groups in total. The molecule has 1 aromatic heterocycles. The number of aromatic amines is 1. The number of carbonyl (C=O) groups excluding carboxylic acids is 1. The molecule has 1 aliphatic heterocycles. The van der Waals surface area contributed by atoms with Gasteiger partial charge in [-0.3, -0.25) is 4.79 Å². The molecule has 4 nitrogen and oxygen atoms in total. The van der Waals surface area contributed by atoms with Gasteiger partial charge >= 0.3 is 0 Å². The third-order valence-corrected chi connectivity index (χ3v) is 6.75. The molecule has 2 heterocycles. The summed E-state index contributed by atoms with van der Waals surface area (Å²) < 4.78 is 47.2. The molecule has 168 valence electrons. The summed E-state index contributed by atoms with van der Waals surface area (Å²) in [6.45, 7) is 2.11. The molecule has 3 aromatic rings. The first-order valence-electron chi connectivity index (χ1n) is 11.1. The lowest BCUT2D eigenvalue weighted by molar-refractivity contribution is -0.129. The number of H-pyrrole nitrogens is 1. The van der Waals surface area contributed by atoms with E-state index in [0.29, 0.717) is 42.1 Å². The first-order valence-corrected chi connectivity index (χ1v) is 11.1. The molecule has 1 saturated carbocycles. The highest BCUT2D eigenvalue weighted by molar-refractivity contribution is 5.91. The number of nitrogens with one attached hydrogen (secondary N) is 2. The molecule has 0 radical (unpaired) electrons. The van der Waals surface area contributed by atoms with E-state index in [1.54, 1.807) is 12.1 Å². The van der Waals surface area contributed by atoms with E-state index < -0.39 is 11.6 Å². The topological polar surface area (TPSA) is 54.1 Å². The number of rotatable bonds is 6. The summed E-state index contributed by atoms with van der Waals surface area (Å²) in [5, 5.41) is 3.53. The van der Waals surface area contributed by atoms with Crippen LogP contribution in [0.5, 0.6) is 0 Å². The second kappa shape index (κ2) is 8.62. The Bertz CT molecular complexity index is 1130. The largest absolute Gasteiger partial charge is 0.381 e. The predicted molar refractivity (Wildman–Crippen MR) is 115 cm³/mol. The molecule has 1 atom stereocenters. The Morgan fingerprint density at radius 1 is 1.06 bits per heavy atom. The third-order valence-electron chi connectivity index (χ3n) is 6.75. The minimum absolute atomic E-state index is 0.0322. The maximum absolute atomic E-state index is 14.4. The van der Waals surface area contributed by atoms with Crippen LogP contribution < -0.4 is 5.32 Å². The normalized spacial score (nSPS) is 22.8. The van der Waals surface area contributed by atoms with Crippen molar-refractivity contribution in [2.75, 3.05) is 19.8 Å². The molecule has 1 saturated heterocycles. The van der Waals surface area contributed by atoms with Gasteiger partial charge in [0.05, 0.1) is 12.1 Å². The summed E-state index contributed by atoms with van der Waals surface area (Å²) in [7, 11) is 0. The number of hydrogen-bond donors (Lipinski definition) is 2. The summed E-state index contributed by atoms with van der Waals surface area (Å²) in [5.74, 6) is -0.980. The van der Waals surface area contributed by atoms with Crippen LogP contribution in [0.3, 0.4) is 0 Å². The van der Waals surface area contributed by atoms with Crippen molar-refractivity contribution in [3.05, 3.63) is 59.4 Å². The number of aromatic nitrogens is 1. The van der Waals surface area contributed by atoms with Crippen LogP contribution in [-0.4, -0.2) is 30.6 Å². The van der Waals surface area contributed by atoms with Crippen molar-refractivity contribution in [1.29, 1.82) is 0 Å². The van der Waals surface area contributed by atoms with Gasteiger partial charge in [0.25, 0.3) is 0 Å². The second-order valence-corrected chi connectivity index (χ2v) is 9.01. The number of halogens is 3. The molecule has 7 heteroatoms. The smallest absolute Gasteiger partial charge is 0.223 e. The highest BCUT2D eigenvalue weighted by Gasteiger charge is 2.35. The molecular formula is C25H25F3N2O2. The van der Waals surface area contributed by atoms with Gasteiger partial charge in [0.15, 0.2) is 0 Å². The van der Waals surface area contributed by atoms with Crippen LogP contribution in [0.4, 0.5) is 13.2 Å². The van der Waals surface area contributed by atoms with Crippen LogP contribution in [0.25, 0.3) is 22.2 Å². The van der Waals surface area contributed by atoms with Crippen molar-refractivity contribution < 1.29 is 22.7 Å². The van der Waals surface area contributed by atoms with Crippen molar-refractivity contribution in [3.63, 3.8) is 0 Å². The standard InChI is InChI=1S/C25H25F3N2O2/c26-18-3-1-16(2-4-18)23-20(21-10-19(27)11-22(28)24(21)30-23)9-15-7-17(8-15)25(31)29-12-14-5-6-32-13-14/h1-4,10-11,14-15,17,30H,5-9,12-13H2,(H,29,31). The maximum Gasteiger partial charge on any atom is 0.223 e. The molecule has 2 aliphatic rings. The van der Waals surface area contributed by atoms with E-state index in [1.807, 2.05) is 0 Å². The van der Waals surface area contributed by atoms with Crippen molar-refractivity contribution in [3.8, 4) is 11.3 Å². The molecule has 32 heavy (non-hydrogen) atoms. The first kappa shape index (κ1) is 21.1. The van der Waals surface area contributed by atoms with Gasteiger partial charge in [-0.15, -0.1) is 0 Å². The van der Waals surface area contributed by atoms with E-state index >= 15 is 0 Å². The Morgan fingerprint density at radius 3 is 2.56 bits per heavy atom. The number of hydrogen-bond acceptors (Lipinski definition) is 2. The quantitative estimate of drug-likeness (QED) is 0.566. The van der Waals surface area contributed by atoms with Gasteiger partial charge < -0.3 is 15.0 Å². The van der Waals surface area contributed by atoms with Crippen molar-refractivity contribution in [1.82, 2.24) is 10.3 Å². The Hall–Kier alpha value is -2.80. The van der Waals surface area contributed by atoms with Gasteiger partial charge in [0.2, 0.25) is 5.91 Å². The number of benzene rings is 2. The molecule has 2 aromatic carbocycles. The van der Waals surface area contributed by atoms with Gasteiger partial charge in [0, 0.05) is 42.1 Å². The Kier molecular flexibility index (Phi) is 5.67. The lowest BCUT2D eigenvalue weighted by atomic mass is 9.71. The Morgan fingerprint density at radius 2 is 1.84 bits per heavy atom. The molecule has 1 aliphatic carbocycles. The van der Waals surface area contributed by atoms with E-state index in [9.17, 15) is 18.0 Å². The average molecular weight is 442 g/mol. The molecule has 0 spiro atoms. The molecule has 0 bridgehead atoms. The summed E-state index contributed by atoms with van der Waals surface area (Å²) in [4.78, 5) is 15.5. The van der Waals surface area contributed by atoms with Crippen LogP contribution in [-0.2, 0) is 16.0 Å². The fourth-order valence-corrected chi connectivity index (χ4v) is 4.89. The van der Waals surface area contributed by atoms with Crippen LogP contribution >= 0.6 is 0 Å². The maximum atomic E-state index is 14.4. The highest BCUT2D eigenvalue weighted by Crippen LogP contribution is 2.41. The average Bonchev–Trinajstić information content (AvgIpc) is 3.37. The minimum atomic E-state index is -0.656. The molecule has 2 fully saturated rings. The fourth-order valence-electron chi connectivity index (χ4n) is 4.89. The van der Waals surface area contributed by atoms with E-state index in [1.165, 1.54) is 18.2 Å². The number of fused-ring (bicyclic) bond motifs is 1. The zero-order valence-electron chi connectivity index (χ0n) is 17.6. The van der Waals surface area contributed by atoms with Gasteiger partial charge in [0.1, 0.15) is 17.5 Å². The lowest BCUT2D eigenvalue weighted by Crippen LogP contribution is -2.41. The van der Waals surface area contributed by atoms with E-state index in [2.05, 4.69) is 10.3 Å². The van der Waals surface area contributed by atoms with Gasteiger partial charge in [-0.05, 0) is 73.1 Å². The van der Waals surface area contributed by atoms with Crippen molar-refractivity contribution >= 4 is 16.8 Å². The Labute approximate surface area is 184 Å². The van der Waals surface area contributed by atoms with E-state index in [-0.39, 0.29) is 29.1 Å². The third kappa shape index (κ3) is 4.13. The monoisotopic (exact) mass is 442 g/mol. The number of amides is 1. The van der Waals surface area contributed by atoms with Crippen LogP contribution in [0.1, 0.15) is 24.8 Å². The van der Waals surface area contributed by atoms with Gasteiger partial charge in [-0.2, -0.15) is 0 Å². The molecule has 1 amide bonds. The molecule has 1 unspecified atom stereocenters. The lowest BCUT2D eigenvalue weighted by Gasteiger charge is -2.34. The van der Waals surface area contributed by atoms with Crippen LogP contribution in [0, 0.1) is 35.2 Å². The van der Waals surface area contributed by atoms with Gasteiger partial charge in [-0.1, -0.05) is 0 Å². The number of carbonyl (C=O) groups is 1. The van der Waals surface area contributed by atoms with Crippen molar-refractivity contribution in [2.45, 2.75) is 25.7 Å².